The van der Waals surface area contributed by atoms with Gasteiger partial charge in [-0.05, 0) is 74.4 Å². The number of nitrogens with zero attached hydrogens (tertiary/aromatic N) is 1. The molecule has 0 radical (unpaired) electrons. The molecule has 0 bridgehead atoms. The Morgan fingerprint density at radius 2 is 1.64 bits per heavy atom. The predicted octanol–water partition coefficient (Wildman–Crippen LogP) is 5.13. The van der Waals surface area contributed by atoms with Crippen molar-refractivity contribution in [3.63, 3.8) is 0 Å². The van der Waals surface area contributed by atoms with Crippen LogP contribution in [0.2, 0.25) is 0 Å². The molecular weight excluding hydrogens is 370 g/mol. The van der Waals surface area contributed by atoms with Gasteiger partial charge in [-0.3, -0.25) is 9.59 Å². The second-order valence-corrected chi connectivity index (χ2v) is 8.32. The van der Waals surface area contributed by atoms with Crippen molar-refractivity contribution in [2.45, 2.75) is 40.7 Å². The zero-order chi connectivity index (χ0) is 20.4. The van der Waals surface area contributed by atoms with Crippen LogP contribution in [-0.4, -0.2) is 23.7 Å². The van der Waals surface area contributed by atoms with E-state index in [2.05, 4.69) is 0 Å². The lowest BCUT2D eigenvalue weighted by atomic mass is 10.1. The molecule has 2 aromatic carbocycles. The van der Waals surface area contributed by atoms with Gasteiger partial charge in [0.25, 0.3) is 11.8 Å². The second-order valence-electron chi connectivity index (χ2n) is 7.04. The first kappa shape index (κ1) is 20.2. The smallest absolute Gasteiger partial charge is 0.272 e. The van der Waals surface area contributed by atoms with Crippen LogP contribution in [0.15, 0.2) is 47.4 Å². The minimum atomic E-state index is -0.276. The number of hydrogen-bond donors (Lipinski definition) is 0. The van der Waals surface area contributed by atoms with E-state index < -0.39 is 0 Å². The Morgan fingerprint density at radius 1 is 0.964 bits per heavy atom. The molecule has 3 rings (SSSR count). The summed E-state index contributed by atoms with van der Waals surface area (Å²) in [6.45, 7) is 9.90. The molecule has 0 fully saturated rings. The second kappa shape index (κ2) is 8.23. The van der Waals surface area contributed by atoms with Gasteiger partial charge in [0.15, 0.2) is 0 Å². The fourth-order valence-electron chi connectivity index (χ4n) is 3.11. The molecule has 4 nitrogen and oxygen atoms in total. The van der Waals surface area contributed by atoms with Crippen LogP contribution in [0, 0.1) is 13.8 Å². The first-order valence-electron chi connectivity index (χ1n) is 9.43. The third kappa shape index (κ3) is 3.85. The van der Waals surface area contributed by atoms with Crippen molar-refractivity contribution in [1.82, 2.24) is 0 Å². The largest absolute Gasteiger partial charge is 0.491 e. The molecule has 1 heterocycles. The number of anilines is 1. The zero-order valence-electron chi connectivity index (χ0n) is 16.9. The highest BCUT2D eigenvalue weighted by molar-refractivity contribution is 8.04. The number of amides is 2. The van der Waals surface area contributed by atoms with Crippen molar-refractivity contribution in [2.75, 3.05) is 10.7 Å². The lowest BCUT2D eigenvalue weighted by molar-refractivity contribution is -0.119. The Hall–Kier alpha value is -2.53. The number of aryl methyl sites for hydroxylation is 2. The molecule has 0 saturated carbocycles. The molecule has 0 aromatic heterocycles. The summed E-state index contributed by atoms with van der Waals surface area (Å²) < 4.78 is 5.69. The van der Waals surface area contributed by atoms with Crippen molar-refractivity contribution in [2.24, 2.45) is 0 Å². The van der Waals surface area contributed by atoms with E-state index in [9.17, 15) is 9.59 Å². The Labute approximate surface area is 170 Å². The van der Waals surface area contributed by atoms with Gasteiger partial charge in [0, 0.05) is 0 Å². The summed E-state index contributed by atoms with van der Waals surface area (Å²) in [7, 11) is 0. The summed E-state index contributed by atoms with van der Waals surface area (Å²) in [5, 5.41) is 0. The normalized spacial score (nSPS) is 14.4. The maximum atomic E-state index is 13.3. The Kier molecular flexibility index (Phi) is 5.94. The highest BCUT2D eigenvalue weighted by Crippen LogP contribution is 2.39. The van der Waals surface area contributed by atoms with Crippen molar-refractivity contribution in [3.8, 4) is 5.75 Å². The third-order valence-electron chi connectivity index (χ3n) is 4.59. The minimum Gasteiger partial charge on any atom is -0.491 e. The Bertz CT molecular complexity index is 945. The number of thioether (sulfide) groups is 1. The molecule has 0 aliphatic carbocycles. The number of carbonyl (C=O) groups is 2. The van der Waals surface area contributed by atoms with Crippen LogP contribution < -0.4 is 9.64 Å². The molecule has 0 N–H and O–H groups in total. The van der Waals surface area contributed by atoms with Crippen LogP contribution in [0.1, 0.15) is 37.5 Å². The Balaban J connectivity index is 2.01. The van der Waals surface area contributed by atoms with E-state index >= 15 is 0 Å². The van der Waals surface area contributed by atoms with Gasteiger partial charge in [-0.15, -0.1) is 11.8 Å². The first-order valence-corrected chi connectivity index (χ1v) is 10.4. The molecule has 0 saturated heterocycles. The molecule has 5 heteroatoms. The first-order chi connectivity index (χ1) is 13.3. The minimum absolute atomic E-state index is 0.0752. The van der Waals surface area contributed by atoms with Gasteiger partial charge in [0.2, 0.25) is 0 Å². The number of rotatable bonds is 6. The van der Waals surface area contributed by atoms with E-state index in [1.807, 2.05) is 77.1 Å². The summed E-state index contributed by atoms with van der Waals surface area (Å²) >= 11 is 1.41. The summed E-state index contributed by atoms with van der Waals surface area (Å²) in [4.78, 5) is 28.2. The SMILES string of the molecule is CCSC1=C(c2ccc(OC(C)C)cc2)C(=O)N(c2ccc(C)c(C)c2)C1=O. The summed E-state index contributed by atoms with van der Waals surface area (Å²) in [6, 6.07) is 13.0. The van der Waals surface area contributed by atoms with Gasteiger partial charge in [-0.2, -0.15) is 0 Å². The molecule has 28 heavy (non-hydrogen) atoms. The number of ether oxygens (including phenoxy) is 1. The van der Waals surface area contributed by atoms with Gasteiger partial charge < -0.3 is 4.74 Å². The van der Waals surface area contributed by atoms with Gasteiger partial charge in [-0.25, -0.2) is 4.90 Å². The number of carbonyl (C=O) groups excluding carboxylic acids is 2. The van der Waals surface area contributed by atoms with Crippen LogP contribution in [-0.2, 0) is 9.59 Å². The quantitative estimate of drug-likeness (QED) is 0.636. The number of imide groups is 1. The highest BCUT2D eigenvalue weighted by atomic mass is 32.2. The molecule has 0 atom stereocenters. The Morgan fingerprint density at radius 3 is 2.21 bits per heavy atom. The maximum Gasteiger partial charge on any atom is 0.272 e. The number of benzene rings is 2. The van der Waals surface area contributed by atoms with Crippen LogP contribution in [0.25, 0.3) is 5.57 Å². The van der Waals surface area contributed by atoms with Crippen molar-refractivity contribution >= 4 is 34.8 Å². The van der Waals surface area contributed by atoms with E-state index in [1.54, 1.807) is 0 Å². The van der Waals surface area contributed by atoms with E-state index in [4.69, 9.17) is 4.74 Å². The molecule has 0 spiro atoms. The van der Waals surface area contributed by atoms with E-state index in [0.717, 1.165) is 22.4 Å². The van der Waals surface area contributed by atoms with Crippen LogP contribution in [0.5, 0.6) is 5.75 Å². The highest BCUT2D eigenvalue weighted by Gasteiger charge is 2.40. The predicted molar refractivity (Wildman–Crippen MR) is 116 cm³/mol. The molecular formula is C23H25NO3S. The molecule has 2 aromatic rings. The van der Waals surface area contributed by atoms with Gasteiger partial charge in [-0.1, -0.05) is 25.1 Å². The van der Waals surface area contributed by atoms with Crippen LogP contribution >= 0.6 is 11.8 Å². The monoisotopic (exact) mass is 395 g/mol. The van der Waals surface area contributed by atoms with E-state index in [0.29, 0.717) is 21.9 Å². The lowest BCUT2D eigenvalue weighted by Crippen LogP contribution is -2.31. The maximum absolute atomic E-state index is 13.3. The van der Waals surface area contributed by atoms with Gasteiger partial charge in [0.1, 0.15) is 5.75 Å². The molecule has 1 aliphatic rings. The summed E-state index contributed by atoms with van der Waals surface area (Å²) in [5.41, 5.74) is 3.98. The van der Waals surface area contributed by atoms with E-state index in [1.165, 1.54) is 16.7 Å². The van der Waals surface area contributed by atoms with Crippen molar-refractivity contribution < 1.29 is 14.3 Å². The standard InChI is InChI=1S/C23H25NO3S/c1-6-28-21-20(17-8-11-19(12-9-17)27-14(2)3)22(25)24(23(21)26)18-10-7-15(4)16(5)13-18/h7-14H,6H2,1-5H3. The fraction of sp³-hybridized carbons (Fsp3) is 0.304. The topological polar surface area (TPSA) is 46.6 Å². The van der Waals surface area contributed by atoms with Crippen molar-refractivity contribution in [3.05, 3.63) is 64.1 Å². The molecule has 146 valence electrons. The van der Waals surface area contributed by atoms with Crippen LogP contribution in [0.3, 0.4) is 0 Å². The van der Waals surface area contributed by atoms with Crippen LogP contribution in [0.4, 0.5) is 5.69 Å². The molecule has 2 amide bonds. The average molecular weight is 396 g/mol. The van der Waals surface area contributed by atoms with Crippen molar-refractivity contribution in [1.29, 1.82) is 0 Å². The molecule has 0 unspecified atom stereocenters. The molecule has 1 aliphatic heterocycles. The van der Waals surface area contributed by atoms with Gasteiger partial charge in [0.05, 0.1) is 22.3 Å². The van der Waals surface area contributed by atoms with Gasteiger partial charge >= 0.3 is 0 Å². The average Bonchev–Trinajstić information content (AvgIpc) is 2.88. The summed E-state index contributed by atoms with van der Waals surface area (Å²) in [5.74, 6) is 0.929. The lowest BCUT2D eigenvalue weighted by Gasteiger charge is -2.16. The third-order valence-corrected chi connectivity index (χ3v) is 5.55. The summed E-state index contributed by atoms with van der Waals surface area (Å²) in [6.07, 6.45) is 0.0752. The number of hydrogen-bond acceptors (Lipinski definition) is 4. The zero-order valence-corrected chi connectivity index (χ0v) is 17.7. The van der Waals surface area contributed by atoms with E-state index in [-0.39, 0.29) is 17.9 Å². The fourth-order valence-corrected chi connectivity index (χ4v) is 3.97.